The average Bonchev–Trinajstić information content (AvgIpc) is 2.93. The van der Waals surface area contributed by atoms with Gasteiger partial charge in [0.1, 0.15) is 6.10 Å². The molecule has 6 heteroatoms. The van der Waals surface area contributed by atoms with Crippen LogP contribution in [0.5, 0.6) is 5.88 Å². The molecule has 1 aliphatic rings. The summed E-state index contributed by atoms with van der Waals surface area (Å²) in [7, 11) is 2.07. The highest BCUT2D eigenvalue weighted by molar-refractivity contribution is 5.77. The second-order valence-electron chi connectivity index (χ2n) is 5.16. The fourth-order valence-electron chi connectivity index (χ4n) is 2.37. The summed E-state index contributed by atoms with van der Waals surface area (Å²) in [5, 5.41) is 0. The molecule has 6 nitrogen and oxygen atoms in total. The van der Waals surface area contributed by atoms with Crippen molar-refractivity contribution in [2.24, 2.45) is 0 Å². The Bertz CT molecular complexity index is 647. The van der Waals surface area contributed by atoms with Crippen LogP contribution in [-0.4, -0.2) is 52.4 Å². The molecule has 0 bridgehead atoms. The van der Waals surface area contributed by atoms with E-state index in [1.165, 1.54) is 6.20 Å². The molecular weight excluding hydrogens is 268 g/mol. The van der Waals surface area contributed by atoms with Gasteiger partial charge in [-0.1, -0.05) is 0 Å². The van der Waals surface area contributed by atoms with Crippen LogP contribution in [0.4, 0.5) is 0 Å². The largest absolute Gasteiger partial charge is 0.472 e. The van der Waals surface area contributed by atoms with E-state index in [1.807, 2.05) is 0 Å². The van der Waals surface area contributed by atoms with Gasteiger partial charge in [-0.2, -0.15) is 0 Å². The van der Waals surface area contributed by atoms with Crippen molar-refractivity contribution in [3.63, 3.8) is 0 Å². The summed E-state index contributed by atoms with van der Waals surface area (Å²) in [5.74, 6) is 0.504. The van der Waals surface area contributed by atoms with Crippen molar-refractivity contribution >= 4 is 6.29 Å². The molecule has 0 N–H and O–H groups in total. The van der Waals surface area contributed by atoms with Crippen LogP contribution < -0.4 is 4.74 Å². The van der Waals surface area contributed by atoms with Gasteiger partial charge in [0.2, 0.25) is 5.88 Å². The zero-order valence-corrected chi connectivity index (χ0v) is 11.8. The van der Waals surface area contributed by atoms with E-state index in [1.54, 1.807) is 24.7 Å². The molecule has 0 aromatic carbocycles. The van der Waals surface area contributed by atoms with Crippen LogP contribution in [0.1, 0.15) is 16.8 Å². The molecule has 1 aliphatic heterocycles. The maximum atomic E-state index is 10.8. The minimum absolute atomic E-state index is 0.152. The lowest BCUT2D eigenvalue weighted by molar-refractivity contribution is 0.112. The summed E-state index contributed by atoms with van der Waals surface area (Å²) < 4.78 is 5.86. The smallest absolute Gasteiger partial charge is 0.233 e. The molecule has 0 unspecified atom stereocenters. The van der Waals surface area contributed by atoms with Crippen LogP contribution >= 0.6 is 0 Å². The number of likely N-dealkylation sites (tertiary alicyclic amines) is 1. The second-order valence-corrected chi connectivity index (χ2v) is 5.16. The maximum absolute atomic E-state index is 10.8. The third-order valence-electron chi connectivity index (χ3n) is 3.44. The maximum Gasteiger partial charge on any atom is 0.233 e. The first-order valence-corrected chi connectivity index (χ1v) is 6.82. The van der Waals surface area contributed by atoms with Crippen molar-refractivity contribution in [1.82, 2.24) is 19.9 Å². The number of aldehydes is 1. The topological polar surface area (TPSA) is 68.2 Å². The Hall–Kier alpha value is -2.34. The summed E-state index contributed by atoms with van der Waals surface area (Å²) in [4.78, 5) is 25.7. The van der Waals surface area contributed by atoms with Gasteiger partial charge in [-0.15, -0.1) is 0 Å². The number of hydrogen-bond donors (Lipinski definition) is 0. The SMILES string of the molecule is CN1CC[C@H](Oc2cncc(-c3cncc(C=O)c3)n2)C1. The van der Waals surface area contributed by atoms with Gasteiger partial charge in [0.05, 0.1) is 18.1 Å². The van der Waals surface area contributed by atoms with Crippen LogP contribution in [0.15, 0.2) is 30.9 Å². The fraction of sp³-hybridized carbons (Fsp3) is 0.333. The van der Waals surface area contributed by atoms with E-state index >= 15 is 0 Å². The lowest BCUT2D eigenvalue weighted by Crippen LogP contribution is -2.21. The second kappa shape index (κ2) is 5.97. The minimum atomic E-state index is 0.152. The fourth-order valence-corrected chi connectivity index (χ4v) is 2.37. The molecule has 3 heterocycles. The molecule has 0 radical (unpaired) electrons. The molecule has 2 aromatic rings. The van der Waals surface area contributed by atoms with E-state index in [4.69, 9.17) is 4.74 Å². The monoisotopic (exact) mass is 284 g/mol. The molecule has 108 valence electrons. The van der Waals surface area contributed by atoms with E-state index in [0.29, 0.717) is 17.1 Å². The molecule has 0 saturated carbocycles. The standard InChI is InChI=1S/C15H16N4O2/c1-19-3-2-13(9-19)21-15-8-17-7-14(18-15)12-4-11(10-20)5-16-6-12/h4-8,10,13H,2-3,9H2,1H3/t13-/m0/s1. The van der Waals surface area contributed by atoms with E-state index in [2.05, 4.69) is 26.9 Å². The van der Waals surface area contributed by atoms with Crippen LogP contribution in [0.25, 0.3) is 11.3 Å². The molecule has 21 heavy (non-hydrogen) atoms. The number of nitrogens with zero attached hydrogens (tertiary/aromatic N) is 4. The minimum Gasteiger partial charge on any atom is -0.472 e. The number of pyridine rings is 1. The van der Waals surface area contributed by atoms with Crippen LogP contribution in [-0.2, 0) is 0 Å². The van der Waals surface area contributed by atoms with Crippen molar-refractivity contribution in [3.05, 3.63) is 36.4 Å². The highest BCUT2D eigenvalue weighted by Crippen LogP contribution is 2.20. The number of ether oxygens (including phenoxy) is 1. The van der Waals surface area contributed by atoms with Crippen molar-refractivity contribution in [1.29, 1.82) is 0 Å². The van der Waals surface area contributed by atoms with Gasteiger partial charge in [0.15, 0.2) is 6.29 Å². The number of carbonyl (C=O) groups excluding carboxylic acids is 1. The predicted octanol–water partition coefficient (Wildman–Crippen LogP) is 1.43. The van der Waals surface area contributed by atoms with Gasteiger partial charge < -0.3 is 9.64 Å². The molecule has 3 rings (SSSR count). The van der Waals surface area contributed by atoms with Gasteiger partial charge in [-0.25, -0.2) is 4.98 Å². The van der Waals surface area contributed by atoms with Crippen LogP contribution in [0.3, 0.4) is 0 Å². The molecule has 1 saturated heterocycles. The summed E-state index contributed by atoms with van der Waals surface area (Å²) in [6.07, 6.45) is 8.32. The lowest BCUT2D eigenvalue weighted by Gasteiger charge is -2.13. The molecule has 1 atom stereocenters. The van der Waals surface area contributed by atoms with Crippen LogP contribution in [0.2, 0.25) is 0 Å². The Kier molecular flexibility index (Phi) is 3.87. The summed E-state index contributed by atoms with van der Waals surface area (Å²) in [6.45, 7) is 1.93. The van der Waals surface area contributed by atoms with Gasteiger partial charge >= 0.3 is 0 Å². The first kappa shape index (κ1) is 13.6. The van der Waals surface area contributed by atoms with E-state index < -0.39 is 0 Å². The summed E-state index contributed by atoms with van der Waals surface area (Å²) in [5.41, 5.74) is 1.91. The van der Waals surface area contributed by atoms with Crippen molar-refractivity contribution in [2.75, 3.05) is 20.1 Å². The van der Waals surface area contributed by atoms with E-state index in [9.17, 15) is 4.79 Å². The number of likely N-dealkylation sites (N-methyl/N-ethyl adjacent to an activating group) is 1. The zero-order valence-electron chi connectivity index (χ0n) is 11.8. The first-order valence-electron chi connectivity index (χ1n) is 6.82. The number of rotatable bonds is 4. The van der Waals surface area contributed by atoms with Crippen molar-refractivity contribution < 1.29 is 9.53 Å². The number of aromatic nitrogens is 3. The van der Waals surface area contributed by atoms with Crippen molar-refractivity contribution in [2.45, 2.75) is 12.5 Å². The Morgan fingerprint density at radius 3 is 2.90 bits per heavy atom. The van der Waals surface area contributed by atoms with Gasteiger partial charge in [-0.05, 0) is 19.5 Å². The Labute approximate surface area is 122 Å². The van der Waals surface area contributed by atoms with Crippen LogP contribution in [0, 0.1) is 0 Å². The zero-order chi connectivity index (χ0) is 14.7. The first-order chi connectivity index (χ1) is 10.2. The molecule has 1 fully saturated rings. The van der Waals surface area contributed by atoms with E-state index in [0.717, 1.165) is 31.4 Å². The quantitative estimate of drug-likeness (QED) is 0.791. The third kappa shape index (κ3) is 3.22. The number of carbonyl (C=O) groups is 1. The predicted molar refractivity (Wildman–Crippen MR) is 77.2 cm³/mol. The highest BCUT2D eigenvalue weighted by atomic mass is 16.5. The Morgan fingerprint density at radius 1 is 1.29 bits per heavy atom. The average molecular weight is 284 g/mol. The summed E-state index contributed by atoms with van der Waals surface area (Å²) in [6, 6.07) is 1.73. The molecule has 2 aromatic heterocycles. The molecule has 0 spiro atoms. The third-order valence-corrected chi connectivity index (χ3v) is 3.44. The normalized spacial score (nSPS) is 18.6. The van der Waals surface area contributed by atoms with Gasteiger partial charge in [0.25, 0.3) is 0 Å². The Balaban J connectivity index is 1.80. The van der Waals surface area contributed by atoms with E-state index in [-0.39, 0.29) is 6.10 Å². The summed E-state index contributed by atoms with van der Waals surface area (Å²) >= 11 is 0. The van der Waals surface area contributed by atoms with Gasteiger partial charge in [-0.3, -0.25) is 14.8 Å². The molecular formula is C15H16N4O2. The van der Waals surface area contributed by atoms with Crippen molar-refractivity contribution in [3.8, 4) is 17.1 Å². The Morgan fingerprint density at radius 2 is 2.14 bits per heavy atom. The van der Waals surface area contributed by atoms with Gasteiger partial charge in [0, 0.05) is 36.6 Å². The molecule has 0 amide bonds. The molecule has 0 aliphatic carbocycles. The lowest BCUT2D eigenvalue weighted by atomic mass is 10.2. The number of hydrogen-bond acceptors (Lipinski definition) is 6. The highest BCUT2D eigenvalue weighted by Gasteiger charge is 2.21.